The van der Waals surface area contributed by atoms with E-state index in [4.69, 9.17) is 9.47 Å². The summed E-state index contributed by atoms with van der Waals surface area (Å²) in [6.07, 6.45) is 4.11. The van der Waals surface area contributed by atoms with Crippen molar-refractivity contribution in [3.05, 3.63) is 84.5 Å². The molecule has 0 unspecified atom stereocenters. The van der Waals surface area contributed by atoms with Gasteiger partial charge in [0.1, 0.15) is 11.6 Å². The van der Waals surface area contributed by atoms with Gasteiger partial charge in [0.2, 0.25) is 25.0 Å². The second-order valence-corrected chi connectivity index (χ2v) is 12.7. The molecule has 2 heterocycles. The molecule has 1 atom stereocenters. The molecule has 1 saturated heterocycles. The molecule has 204 valence electrons. The van der Waals surface area contributed by atoms with Crippen molar-refractivity contribution in [2.75, 3.05) is 20.3 Å². The monoisotopic (exact) mass is 563 g/mol. The Bertz CT molecular complexity index is 1480. The highest BCUT2D eigenvalue weighted by Crippen LogP contribution is 2.26. The number of sulfonamides is 1. The van der Waals surface area contributed by atoms with Crippen LogP contribution in [0.5, 0.6) is 5.75 Å². The Kier molecular flexibility index (Phi) is 8.66. The fourth-order valence-corrected chi connectivity index (χ4v) is 7.20. The fourth-order valence-electron chi connectivity index (χ4n) is 4.31. The highest BCUT2D eigenvalue weighted by atomic mass is 32.2. The normalized spacial score (nSPS) is 16.1. The Morgan fingerprint density at radius 2 is 1.92 bits per heavy atom. The zero-order valence-electron chi connectivity index (χ0n) is 21.0. The molecule has 1 aliphatic rings. The quantitative estimate of drug-likeness (QED) is 0.310. The first-order chi connectivity index (χ1) is 18.2. The van der Waals surface area contributed by atoms with Crippen molar-refractivity contribution < 1.29 is 30.7 Å². The van der Waals surface area contributed by atoms with Gasteiger partial charge in [0.15, 0.2) is 0 Å². The largest absolute Gasteiger partial charge is 0.497 e. The molecule has 1 aromatic heterocycles. The summed E-state index contributed by atoms with van der Waals surface area (Å²) >= 11 is 0. The van der Waals surface area contributed by atoms with E-state index in [1.54, 1.807) is 18.2 Å². The number of hydrogen-bond donors (Lipinski definition) is 0. The van der Waals surface area contributed by atoms with E-state index in [1.165, 1.54) is 58.6 Å². The van der Waals surface area contributed by atoms with Gasteiger partial charge in [-0.15, -0.1) is 6.58 Å². The van der Waals surface area contributed by atoms with Crippen LogP contribution in [0.2, 0.25) is 0 Å². The highest BCUT2D eigenvalue weighted by Gasteiger charge is 2.30. The van der Waals surface area contributed by atoms with Gasteiger partial charge in [-0.3, -0.25) is 0 Å². The third-order valence-electron chi connectivity index (χ3n) is 6.26. The lowest BCUT2D eigenvalue weighted by atomic mass is 10.2. The number of ether oxygens (including phenoxy) is 2. The zero-order chi connectivity index (χ0) is 27.3. The Labute approximate surface area is 222 Å². The van der Waals surface area contributed by atoms with Crippen molar-refractivity contribution in [3.63, 3.8) is 0 Å². The van der Waals surface area contributed by atoms with Gasteiger partial charge in [0.25, 0.3) is 0 Å². The summed E-state index contributed by atoms with van der Waals surface area (Å²) in [7, 11) is -6.57. The first kappa shape index (κ1) is 28.0. The van der Waals surface area contributed by atoms with Crippen molar-refractivity contribution in [1.29, 1.82) is 0 Å². The standard InChI is InChI=1S/C26H30FN3O6S2/c1-3-14-29(38(33,34)24-12-10-22(35-2)11-13-24)17-21-16-28-26(30(21)18-23-8-6-15-36-23)37(31,32)19-20-7-4-5-9-25(20)27/h3-5,7,9-13,16,23H,1,6,8,14-15,17-19H2,2H3/t23-/m1/s1. The maximum atomic E-state index is 14.3. The van der Waals surface area contributed by atoms with Gasteiger partial charge in [-0.2, -0.15) is 4.31 Å². The van der Waals surface area contributed by atoms with Crippen LogP contribution in [0.25, 0.3) is 0 Å². The van der Waals surface area contributed by atoms with E-state index < -0.39 is 31.4 Å². The fraction of sp³-hybridized carbons (Fsp3) is 0.346. The van der Waals surface area contributed by atoms with E-state index in [0.717, 1.165) is 12.8 Å². The number of nitrogens with zero attached hydrogens (tertiary/aromatic N) is 3. The number of sulfone groups is 1. The van der Waals surface area contributed by atoms with E-state index >= 15 is 0 Å². The first-order valence-electron chi connectivity index (χ1n) is 12.0. The third kappa shape index (κ3) is 6.15. The molecule has 0 aliphatic carbocycles. The van der Waals surface area contributed by atoms with Crippen molar-refractivity contribution in [1.82, 2.24) is 13.9 Å². The summed E-state index contributed by atoms with van der Waals surface area (Å²) in [5.74, 6) is -0.697. The van der Waals surface area contributed by atoms with Crippen molar-refractivity contribution in [2.24, 2.45) is 0 Å². The Balaban J connectivity index is 1.71. The van der Waals surface area contributed by atoms with E-state index in [-0.39, 0.29) is 41.4 Å². The minimum atomic E-state index is -4.08. The molecule has 0 radical (unpaired) electrons. The Morgan fingerprint density at radius 1 is 1.18 bits per heavy atom. The summed E-state index contributed by atoms with van der Waals surface area (Å²) in [6.45, 7) is 4.24. The molecule has 4 rings (SSSR count). The SMILES string of the molecule is C=CCN(Cc1cnc(S(=O)(=O)Cc2ccccc2F)n1C[C@H]1CCCO1)S(=O)(=O)c1ccc(OC)cc1. The summed E-state index contributed by atoms with van der Waals surface area (Å²) in [5.41, 5.74) is 0.391. The maximum absolute atomic E-state index is 14.3. The lowest BCUT2D eigenvalue weighted by Gasteiger charge is -2.23. The second kappa shape index (κ2) is 11.8. The molecule has 2 aromatic carbocycles. The summed E-state index contributed by atoms with van der Waals surface area (Å²) in [5, 5.41) is -0.258. The third-order valence-corrected chi connectivity index (χ3v) is 9.66. The van der Waals surface area contributed by atoms with E-state index in [2.05, 4.69) is 11.6 Å². The van der Waals surface area contributed by atoms with Gasteiger partial charge >= 0.3 is 0 Å². The molecule has 12 heteroatoms. The number of hydrogen-bond acceptors (Lipinski definition) is 7. The molecular weight excluding hydrogens is 533 g/mol. The van der Waals surface area contributed by atoms with Crippen molar-refractivity contribution in [2.45, 2.75) is 47.8 Å². The number of imidazole rings is 1. The average Bonchev–Trinajstić information content (AvgIpc) is 3.56. The lowest BCUT2D eigenvalue weighted by Crippen LogP contribution is -2.32. The van der Waals surface area contributed by atoms with Crippen LogP contribution in [-0.4, -0.2) is 57.1 Å². The average molecular weight is 564 g/mol. The lowest BCUT2D eigenvalue weighted by molar-refractivity contribution is 0.0938. The van der Waals surface area contributed by atoms with Crippen LogP contribution >= 0.6 is 0 Å². The molecule has 1 aliphatic heterocycles. The van der Waals surface area contributed by atoms with E-state index in [0.29, 0.717) is 18.1 Å². The molecule has 0 bridgehead atoms. The van der Waals surface area contributed by atoms with Crippen molar-refractivity contribution >= 4 is 19.9 Å². The molecule has 9 nitrogen and oxygen atoms in total. The maximum Gasteiger partial charge on any atom is 0.243 e. The zero-order valence-corrected chi connectivity index (χ0v) is 22.6. The van der Waals surface area contributed by atoms with Gasteiger partial charge in [-0.25, -0.2) is 26.2 Å². The van der Waals surface area contributed by atoms with Crippen LogP contribution in [0, 0.1) is 5.82 Å². The number of halogens is 1. The van der Waals surface area contributed by atoms with Gasteiger partial charge in [-0.05, 0) is 43.2 Å². The number of rotatable bonds is 12. The molecule has 0 saturated carbocycles. The molecule has 1 fully saturated rings. The minimum absolute atomic E-state index is 0.0171. The van der Waals surface area contributed by atoms with Crippen molar-refractivity contribution in [3.8, 4) is 5.75 Å². The molecule has 38 heavy (non-hydrogen) atoms. The van der Waals surface area contributed by atoms with Crippen LogP contribution in [0.15, 0.2) is 77.4 Å². The van der Waals surface area contributed by atoms with Gasteiger partial charge in [-0.1, -0.05) is 24.3 Å². The number of methoxy groups -OCH3 is 1. The predicted molar refractivity (Wildman–Crippen MR) is 139 cm³/mol. The Morgan fingerprint density at radius 3 is 2.55 bits per heavy atom. The Hall–Kier alpha value is -3.06. The summed E-state index contributed by atoms with van der Waals surface area (Å²) in [6, 6.07) is 11.6. The minimum Gasteiger partial charge on any atom is -0.497 e. The van der Waals surface area contributed by atoms with Crippen LogP contribution in [-0.2, 0) is 43.4 Å². The topological polar surface area (TPSA) is 108 Å². The van der Waals surface area contributed by atoms with Crippen LogP contribution in [0.3, 0.4) is 0 Å². The number of benzene rings is 2. The van der Waals surface area contributed by atoms with Crippen LogP contribution in [0.1, 0.15) is 24.1 Å². The number of aromatic nitrogens is 2. The summed E-state index contributed by atoms with van der Waals surface area (Å²) < 4.78 is 81.6. The first-order valence-corrected chi connectivity index (χ1v) is 15.1. The molecule has 0 amide bonds. The van der Waals surface area contributed by atoms with Gasteiger partial charge in [0, 0.05) is 18.7 Å². The van der Waals surface area contributed by atoms with Gasteiger partial charge < -0.3 is 14.0 Å². The van der Waals surface area contributed by atoms with Gasteiger partial charge in [0.05, 0.1) is 48.8 Å². The molecular formula is C26H30FN3O6S2. The molecule has 3 aromatic rings. The van der Waals surface area contributed by atoms with E-state index in [9.17, 15) is 21.2 Å². The van der Waals surface area contributed by atoms with E-state index in [1.807, 2.05) is 0 Å². The smallest absolute Gasteiger partial charge is 0.243 e. The highest BCUT2D eigenvalue weighted by molar-refractivity contribution is 7.90. The second-order valence-electron chi connectivity index (χ2n) is 8.89. The van der Waals surface area contributed by atoms with Crippen LogP contribution in [0.4, 0.5) is 4.39 Å². The molecule has 0 spiro atoms. The summed E-state index contributed by atoms with van der Waals surface area (Å²) in [4.78, 5) is 4.23. The van der Waals surface area contributed by atoms with Crippen LogP contribution < -0.4 is 4.74 Å². The predicted octanol–water partition coefficient (Wildman–Crippen LogP) is 3.56. The molecule has 0 N–H and O–H groups in total.